The maximum atomic E-state index is 9.81. The summed E-state index contributed by atoms with van der Waals surface area (Å²) in [5.41, 5.74) is 8.51. The highest BCUT2D eigenvalue weighted by atomic mass is 35.5. The summed E-state index contributed by atoms with van der Waals surface area (Å²) in [4.78, 5) is 0. The summed E-state index contributed by atoms with van der Waals surface area (Å²) in [5.74, 6) is 0.928. The molecular weight excluding hydrogens is 451 g/mol. The molecule has 4 rings (SSSR count). The molecule has 0 radical (unpaired) electrons. The average Bonchev–Trinajstić information content (AvgIpc) is 2.77. The highest BCUT2D eigenvalue weighted by molar-refractivity contribution is 6.35. The van der Waals surface area contributed by atoms with Crippen molar-refractivity contribution < 1.29 is 19.3 Å². The van der Waals surface area contributed by atoms with Crippen molar-refractivity contribution in [3.63, 3.8) is 0 Å². The van der Waals surface area contributed by atoms with Crippen molar-refractivity contribution in [1.82, 2.24) is 0 Å². The third kappa shape index (κ3) is 4.13. The van der Waals surface area contributed by atoms with E-state index in [0.29, 0.717) is 32.9 Å². The quantitative estimate of drug-likeness (QED) is 0.512. The van der Waals surface area contributed by atoms with Crippen LogP contribution >= 0.6 is 23.2 Å². The third-order valence-electron chi connectivity index (χ3n) is 5.12. The molecule has 1 heterocycles. The number of fused-ring (bicyclic) bond motifs is 1. The van der Waals surface area contributed by atoms with Crippen LogP contribution in [0.5, 0.6) is 23.0 Å². The molecule has 0 spiro atoms. The van der Waals surface area contributed by atoms with Gasteiger partial charge in [-0.05, 0) is 35.9 Å². The molecule has 0 aliphatic carbocycles. The van der Waals surface area contributed by atoms with E-state index < -0.39 is 5.92 Å². The molecule has 0 bridgehead atoms. The van der Waals surface area contributed by atoms with E-state index in [2.05, 4.69) is 6.07 Å². The summed E-state index contributed by atoms with van der Waals surface area (Å²) in [6, 6.07) is 17.4. The van der Waals surface area contributed by atoms with Crippen LogP contribution in [-0.2, 0) is 6.61 Å². The molecule has 0 saturated heterocycles. The van der Waals surface area contributed by atoms with Crippen molar-refractivity contribution >= 4 is 23.2 Å². The number of nitrogens with two attached hydrogens (primary N) is 1. The zero-order valence-electron chi connectivity index (χ0n) is 16.9. The average molecular weight is 469 g/mol. The van der Waals surface area contributed by atoms with Crippen molar-refractivity contribution in [2.24, 2.45) is 5.73 Å². The largest absolute Gasteiger partial charge is 0.508 e. The lowest BCUT2D eigenvalue weighted by Crippen LogP contribution is -2.21. The normalized spacial score (nSPS) is 14.9. The van der Waals surface area contributed by atoms with Crippen molar-refractivity contribution in [3.8, 4) is 29.1 Å². The number of rotatable bonds is 5. The number of hydrogen-bond acceptors (Lipinski definition) is 6. The Bertz CT molecular complexity index is 1270. The lowest BCUT2D eigenvalue weighted by Gasteiger charge is -2.27. The third-order valence-corrected chi connectivity index (χ3v) is 5.71. The van der Waals surface area contributed by atoms with Gasteiger partial charge in [-0.3, -0.25) is 0 Å². The van der Waals surface area contributed by atoms with Crippen LogP contribution in [-0.4, -0.2) is 12.2 Å². The number of hydrogen-bond donors (Lipinski definition) is 2. The van der Waals surface area contributed by atoms with Crippen molar-refractivity contribution in [2.45, 2.75) is 12.5 Å². The summed E-state index contributed by atoms with van der Waals surface area (Å²) < 4.78 is 17.0. The standard InChI is InChI=1S/C24H18Cl2N2O4/c1-30-22-8-13(3-7-20(22)31-12-14-2-4-15(25)9-19(14)26)23-17-6-5-16(29)10-21(17)32-24(28)18(23)11-27/h2-10,23,29H,12,28H2,1H3/t23-/m1/s1. The van der Waals surface area contributed by atoms with E-state index in [-0.39, 0.29) is 23.8 Å². The number of allylic oxidation sites excluding steroid dienone is 1. The van der Waals surface area contributed by atoms with Crippen LogP contribution in [0.25, 0.3) is 0 Å². The number of aromatic hydroxyl groups is 1. The van der Waals surface area contributed by atoms with Crippen LogP contribution < -0.4 is 19.9 Å². The molecule has 0 saturated carbocycles. The Morgan fingerprint density at radius 2 is 1.91 bits per heavy atom. The van der Waals surface area contributed by atoms with Crippen molar-refractivity contribution in [2.75, 3.05) is 7.11 Å². The smallest absolute Gasteiger partial charge is 0.205 e. The topological polar surface area (TPSA) is 97.7 Å². The van der Waals surface area contributed by atoms with Crippen LogP contribution in [0.1, 0.15) is 22.6 Å². The Labute approximate surface area is 195 Å². The van der Waals surface area contributed by atoms with E-state index >= 15 is 0 Å². The molecule has 32 heavy (non-hydrogen) atoms. The van der Waals surface area contributed by atoms with E-state index in [1.807, 2.05) is 6.07 Å². The second kappa shape index (κ2) is 8.91. The molecule has 1 aliphatic rings. The zero-order chi connectivity index (χ0) is 22.8. The van der Waals surface area contributed by atoms with Gasteiger partial charge >= 0.3 is 0 Å². The summed E-state index contributed by atoms with van der Waals surface area (Å²) in [7, 11) is 1.53. The first-order chi connectivity index (χ1) is 15.4. The second-order valence-corrected chi connectivity index (χ2v) is 7.93. The molecular formula is C24H18Cl2N2O4. The minimum Gasteiger partial charge on any atom is -0.508 e. The minimum absolute atomic E-state index is 0.00715. The van der Waals surface area contributed by atoms with Gasteiger partial charge in [-0.2, -0.15) is 5.26 Å². The fourth-order valence-corrected chi connectivity index (χ4v) is 4.03. The number of methoxy groups -OCH3 is 1. The minimum atomic E-state index is -0.488. The Hall–Kier alpha value is -3.53. The fourth-order valence-electron chi connectivity index (χ4n) is 3.56. The predicted octanol–water partition coefficient (Wildman–Crippen LogP) is 5.50. The van der Waals surface area contributed by atoms with E-state index in [0.717, 1.165) is 11.1 Å². The Morgan fingerprint density at radius 3 is 2.62 bits per heavy atom. The SMILES string of the molecule is COc1cc([C@H]2C(C#N)=C(N)Oc3cc(O)ccc32)ccc1OCc1ccc(Cl)cc1Cl. The van der Waals surface area contributed by atoms with Gasteiger partial charge in [0.25, 0.3) is 0 Å². The fraction of sp³-hybridized carbons (Fsp3) is 0.125. The lowest BCUT2D eigenvalue weighted by molar-refractivity contribution is 0.284. The van der Waals surface area contributed by atoms with Gasteiger partial charge < -0.3 is 25.1 Å². The van der Waals surface area contributed by atoms with Gasteiger partial charge in [-0.1, -0.05) is 41.4 Å². The number of nitriles is 1. The summed E-state index contributed by atoms with van der Waals surface area (Å²) >= 11 is 12.2. The van der Waals surface area contributed by atoms with Crippen LogP contribution in [0.15, 0.2) is 66.1 Å². The number of benzene rings is 3. The van der Waals surface area contributed by atoms with Crippen LogP contribution in [0.2, 0.25) is 10.0 Å². The van der Waals surface area contributed by atoms with E-state index in [1.54, 1.807) is 36.4 Å². The maximum Gasteiger partial charge on any atom is 0.205 e. The first-order valence-corrected chi connectivity index (χ1v) is 10.3. The molecule has 3 aromatic carbocycles. The molecule has 1 atom stereocenters. The number of phenolic OH excluding ortho intramolecular Hbond substituents is 1. The van der Waals surface area contributed by atoms with Gasteiger partial charge in [0.1, 0.15) is 29.7 Å². The number of phenols is 1. The van der Waals surface area contributed by atoms with E-state index in [9.17, 15) is 10.4 Å². The highest BCUT2D eigenvalue weighted by Gasteiger charge is 2.31. The molecule has 3 N–H and O–H groups in total. The van der Waals surface area contributed by atoms with E-state index in [1.165, 1.54) is 19.2 Å². The summed E-state index contributed by atoms with van der Waals surface area (Å²) in [5, 5.41) is 20.6. The summed E-state index contributed by atoms with van der Waals surface area (Å²) in [6.45, 7) is 0.224. The maximum absolute atomic E-state index is 9.81. The molecule has 6 nitrogen and oxygen atoms in total. The molecule has 3 aromatic rings. The molecule has 0 aromatic heterocycles. The second-order valence-electron chi connectivity index (χ2n) is 7.08. The number of ether oxygens (including phenoxy) is 3. The van der Waals surface area contributed by atoms with Gasteiger partial charge in [0, 0.05) is 27.2 Å². The van der Waals surface area contributed by atoms with E-state index in [4.69, 9.17) is 43.1 Å². The molecule has 0 amide bonds. The van der Waals surface area contributed by atoms with Gasteiger partial charge in [-0.25, -0.2) is 0 Å². The monoisotopic (exact) mass is 468 g/mol. The molecule has 1 aliphatic heterocycles. The van der Waals surface area contributed by atoms with Crippen LogP contribution in [0, 0.1) is 11.3 Å². The highest BCUT2D eigenvalue weighted by Crippen LogP contribution is 2.45. The van der Waals surface area contributed by atoms with Crippen molar-refractivity contribution in [1.29, 1.82) is 5.26 Å². The first kappa shape index (κ1) is 21.7. The van der Waals surface area contributed by atoms with Crippen LogP contribution in [0.4, 0.5) is 0 Å². The summed E-state index contributed by atoms with van der Waals surface area (Å²) in [6.07, 6.45) is 0. The molecule has 0 fully saturated rings. The molecule has 8 heteroatoms. The number of nitrogens with zero attached hydrogens (tertiary/aromatic N) is 1. The Morgan fingerprint density at radius 1 is 1.09 bits per heavy atom. The van der Waals surface area contributed by atoms with Gasteiger partial charge in [-0.15, -0.1) is 0 Å². The van der Waals surface area contributed by atoms with Gasteiger partial charge in [0.15, 0.2) is 11.5 Å². The van der Waals surface area contributed by atoms with Crippen molar-refractivity contribution in [3.05, 3.63) is 92.8 Å². The van der Waals surface area contributed by atoms with Gasteiger partial charge in [0.05, 0.1) is 13.0 Å². The van der Waals surface area contributed by atoms with Gasteiger partial charge in [0.2, 0.25) is 5.88 Å². The zero-order valence-corrected chi connectivity index (χ0v) is 18.4. The lowest BCUT2D eigenvalue weighted by atomic mass is 9.83. The molecule has 0 unspecified atom stereocenters. The molecule has 162 valence electrons. The van der Waals surface area contributed by atoms with Crippen LogP contribution in [0.3, 0.4) is 0 Å². The Kier molecular flexibility index (Phi) is 6.04. The Balaban J connectivity index is 1.68. The number of halogens is 2. The predicted molar refractivity (Wildman–Crippen MR) is 121 cm³/mol. The first-order valence-electron chi connectivity index (χ1n) is 9.56.